The fraction of sp³-hybridized carbons (Fsp3) is 0.692. The smallest absolute Gasteiger partial charge is 0.323 e. The third-order valence-electron chi connectivity index (χ3n) is 3.38. The number of aromatic nitrogens is 2. The van der Waals surface area contributed by atoms with Gasteiger partial charge in [0.15, 0.2) is 0 Å². The average Bonchev–Trinajstić information content (AvgIpc) is 2.74. The normalized spacial score (nSPS) is 16.0. The van der Waals surface area contributed by atoms with E-state index in [4.69, 9.17) is 0 Å². The van der Waals surface area contributed by atoms with Crippen LogP contribution in [-0.4, -0.2) is 58.1 Å². The van der Waals surface area contributed by atoms with Gasteiger partial charge in [0.25, 0.3) is 0 Å². The molecule has 0 unspecified atom stereocenters. The van der Waals surface area contributed by atoms with Crippen molar-refractivity contribution in [1.82, 2.24) is 20.0 Å². The van der Waals surface area contributed by atoms with Crippen LogP contribution < -0.4 is 5.32 Å². The van der Waals surface area contributed by atoms with Gasteiger partial charge in [-0.2, -0.15) is 0 Å². The van der Waals surface area contributed by atoms with Gasteiger partial charge in [-0.05, 0) is 6.42 Å². The maximum Gasteiger partial charge on any atom is 0.323 e. The molecule has 7 nitrogen and oxygen atoms in total. The van der Waals surface area contributed by atoms with Crippen LogP contribution in [0.1, 0.15) is 38.1 Å². The quantitative estimate of drug-likeness (QED) is 0.902. The Labute approximate surface area is 128 Å². The molecular formula is C13H21N5O2S. The molecule has 1 aromatic heterocycles. The lowest BCUT2D eigenvalue weighted by molar-refractivity contribution is -0.128. The molecule has 1 N–H and O–H groups in total. The van der Waals surface area contributed by atoms with Crippen molar-refractivity contribution >= 4 is 28.4 Å². The van der Waals surface area contributed by atoms with E-state index in [2.05, 4.69) is 15.5 Å². The molecule has 116 valence electrons. The van der Waals surface area contributed by atoms with Crippen molar-refractivity contribution in [3.05, 3.63) is 5.01 Å². The Morgan fingerprint density at radius 3 is 2.43 bits per heavy atom. The van der Waals surface area contributed by atoms with E-state index in [0.717, 1.165) is 11.4 Å². The van der Waals surface area contributed by atoms with E-state index in [0.29, 0.717) is 37.2 Å². The fourth-order valence-corrected chi connectivity index (χ4v) is 2.86. The molecule has 1 aliphatic heterocycles. The molecule has 0 radical (unpaired) electrons. The summed E-state index contributed by atoms with van der Waals surface area (Å²) in [6.45, 7) is 8.11. The molecular weight excluding hydrogens is 290 g/mol. The number of nitrogens with zero attached hydrogens (tertiary/aromatic N) is 4. The van der Waals surface area contributed by atoms with Crippen LogP contribution in [0.4, 0.5) is 9.93 Å². The van der Waals surface area contributed by atoms with E-state index < -0.39 is 0 Å². The number of rotatable bonds is 2. The lowest BCUT2D eigenvalue weighted by Crippen LogP contribution is -2.38. The maximum atomic E-state index is 12.2. The van der Waals surface area contributed by atoms with Crippen LogP contribution in [0.3, 0.4) is 0 Å². The first-order chi connectivity index (χ1) is 9.97. The van der Waals surface area contributed by atoms with Gasteiger partial charge in [-0.1, -0.05) is 25.2 Å². The van der Waals surface area contributed by atoms with E-state index in [-0.39, 0.29) is 11.9 Å². The summed E-state index contributed by atoms with van der Waals surface area (Å²) in [5, 5.41) is 12.3. The zero-order chi connectivity index (χ0) is 15.4. The molecule has 0 saturated carbocycles. The lowest BCUT2D eigenvalue weighted by Gasteiger charge is -2.21. The first-order valence-corrected chi connectivity index (χ1v) is 7.94. The number of nitrogens with one attached hydrogen (secondary N) is 1. The average molecular weight is 311 g/mol. The number of hydrogen-bond acceptors (Lipinski definition) is 5. The second-order valence-electron chi connectivity index (χ2n) is 5.38. The predicted molar refractivity (Wildman–Crippen MR) is 81.5 cm³/mol. The Hall–Kier alpha value is -1.70. The Kier molecular flexibility index (Phi) is 5.11. The highest BCUT2D eigenvalue weighted by atomic mass is 32.1. The first kappa shape index (κ1) is 15.7. The van der Waals surface area contributed by atoms with E-state index in [1.54, 1.807) is 16.7 Å². The largest absolute Gasteiger partial charge is 0.341 e. The van der Waals surface area contributed by atoms with Crippen molar-refractivity contribution in [1.29, 1.82) is 0 Å². The SMILES string of the molecule is CC(=O)N1CCCN(C(=O)Nc2nnc(C(C)C)s2)CC1. The summed E-state index contributed by atoms with van der Waals surface area (Å²) >= 11 is 1.40. The fourth-order valence-electron chi connectivity index (χ4n) is 2.12. The van der Waals surface area contributed by atoms with Gasteiger partial charge in [-0.25, -0.2) is 4.79 Å². The summed E-state index contributed by atoms with van der Waals surface area (Å²) < 4.78 is 0. The highest BCUT2D eigenvalue weighted by molar-refractivity contribution is 7.15. The van der Waals surface area contributed by atoms with Crippen LogP contribution in [0.15, 0.2) is 0 Å². The van der Waals surface area contributed by atoms with Crippen molar-refractivity contribution in [2.24, 2.45) is 0 Å². The van der Waals surface area contributed by atoms with Crippen LogP contribution >= 0.6 is 11.3 Å². The Morgan fingerprint density at radius 2 is 1.81 bits per heavy atom. The third-order valence-corrected chi connectivity index (χ3v) is 4.52. The molecule has 0 bridgehead atoms. The summed E-state index contributed by atoms with van der Waals surface area (Å²) in [7, 11) is 0. The number of hydrogen-bond donors (Lipinski definition) is 1. The van der Waals surface area contributed by atoms with Crippen molar-refractivity contribution in [3.8, 4) is 0 Å². The monoisotopic (exact) mass is 311 g/mol. The highest BCUT2D eigenvalue weighted by Gasteiger charge is 2.21. The molecule has 1 saturated heterocycles. The second-order valence-corrected chi connectivity index (χ2v) is 6.39. The molecule has 1 fully saturated rings. The highest BCUT2D eigenvalue weighted by Crippen LogP contribution is 2.22. The van der Waals surface area contributed by atoms with Crippen LogP contribution in [0.5, 0.6) is 0 Å². The van der Waals surface area contributed by atoms with Gasteiger partial charge in [0.1, 0.15) is 5.01 Å². The maximum absolute atomic E-state index is 12.2. The van der Waals surface area contributed by atoms with Gasteiger partial charge in [0.2, 0.25) is 11.0 Å². The van der Waals surface area contributed by atoms with Crippen LogP contribution in [0.25, 0.3) is 0 Å². The molecule has 0 atom stereocenters. The van der Waals surface area contributed by atoms with Gasteiger partial charge in [-0.3, -0.25) is 10.1 Å². The van der Waals surface area contributed by atoms with Crippen molar-refractivity contribution in [2.45, 2.75) is 33.1 Å². The van der Waals surface area contributed by atoms with E-state index in [9.17, 15) is 9.59 Å². The minimum Gasteiger partial charge on any atom is -0.341 e. The van der Waals surface area contributed by atoms with Crippen molar-refractivity contribution in [3.63, 3.8) is 0 Å². The van der Waals surface area contributed by atoms with E-state index in [1.165, 1.54) is 11.3 Å². The topological polar surface area (TPSA) is 78.4 Å². The molecule has 21 heavy (non-hydrogen) atoms. The summed E-state index contributed by atoms with van der Waals surface area (Å²) in [6, 6.07) is -0.174. The number of carbonyl (C=O) groups excluding carboxylic acids is 2. The lowest BCUT2D eigenvalue weighted by atomic mass is 10.2. The summed E-state index contributed by atoms with van der Waals surface area (Å²) in [6.07, 6.45) is 0.792. The van der Waals surface area contributed by atoms with E-state index >= 15 is 0 Å². The molecule has 0 aromatic carbocycles. The molecule has 0 spiro atoms. The molecule has 3 amide bonds. The van der Waals surface area contributed by atoms with Gasteiger partial charge < -0.3 is 9.80 Å². The minimum absolute atomic E-state index is 0.0583. The standard InChI is InChI=1S/C13H21N5O2S/c1-9(2)11-15-16-12(21-11)14-13(20)18-6-4-5-17(7-8-18)10(3)19/h9H,4-8H2,1-3H3,(H,14,16,20). The number of anilines is 1. The van der Waals surface area contributed by atoms with Gasteiger partial charge in [0, 0.05) is 39.0 Å². The van der Waals surface area contributed by atoms with E-state index in [1.807, 2.05) is 13.8 Å². The number of urea groups is 1. The first-order valence-electron chi connectivity index (χ1n) is 7.12. The van der Waals surface area contributed by atoms with Crippen molar-refractivity contribution < 1.29 is 9.59 Å². The Morgan fingerprint density at radius 1 is 1.14 bits per heavy atom. The zero-order valence-electron chi connectivity index (χ0n) is 12.6. The predicted octanol–water partition coefficient (Wildman–Crippen LogP) is 1.75. The molecule has 0 aliphatic carbocycles. The van der Waals surface area contributed by atoms with Crippen LogP contribution in [0.2, 0.25) is 0 Å². The Bertz CT molecular complexity index is 516. The molecule has 8 heteroatoms. The van der Waals surface area contributed by atoms with Crippen LogP contribution in [0, 0.1) is 0 Å². The minimum atomic E-state index is -0.174. The summed E-state index contributed by atoms with van der Waals surface area (Å²) in [4.78, 5) is 27.1. The van der Waals surface area contributed by atoms with Gasteiger partial charge in [0.05, 0.1) is 0 Å². The zero-order valence-corrected chi connectivity index (χ0v) is 13.4. The second kappa shape index (κ2) is 6.84. The van der Waals surface area contributed by atoms with Crippen LogP contribution in [-0.2, 0) is 4.79 Å². The van der Waals surface area contributed by atoms with Gasteiger partial charge >= 0.3 is 6.03 Å². The number of carbonyl (C=O) groups is 2. The Balaban J connectivity index is 1.92. The molecule has 1 aromatic rings. The third kappa shape index (κ3) is 4.13. The molecule has 2 heterocycles. The number of amides is 3. The molecule has 1 aliphatic rings. The van der Waals surface area contributed by atoms with Gasteiger partial charge in [-0.15, -0.1) is 10.2 Å². The van der Waals surface area contributed by atoms with Crippen molar-refractivity contribution in [2.75, 3.05) is 31.5 Å². The molecule has 2 rings (SSSR count). The summed E-state index contributed by atoms with van der Waals surface area (Å²) in [5.74, 6) is 0.360. The summed E-state index contributed by atoms with van der Waals surface area (Å²) in [5.41, 5.74) is 0.